The van der Waals surface area contributed by atoms with Gasteiger partial charge in [-0.05, 0) is 127 Å². The van der Waals surface area contributed by atoms with Crippen molar-refractivity contribution in [2.24, 2.45) is 0 Å². The number of fused-ring (bicyclic) bond motifs is 3. The molecule has 0 aliphatic carbocycles. The molecule has 0 unspecified atom stereocenters. The van der Waals surface area contributed by atoms with Crippen molar-refractivity contribution in [2.45, 2.75) is 91.5 Å². The molecular formula is C69H65F3N12O9S3. The number of hydrogen-bond acceptors (Lipinski definition) is 15. The van der Waals surface area contributed by atoms with Crippen molar-refractivity contribution in [3.05, 3.63) is 228 Å². The highest BCUT2D eigenvalue weighted by Crippen LogP contribution is 2.29. The van der Waals surface area contributed by atoms with Crippen molar-refractivity contribution in [1.82, 2.24) is 55.5 Å². The van der Waals surface area contributed by atoms with Gasteiger partial charge in [-0.25, -0.2) is 68.3 Å². The van der Waals surface area contributed by atoms with Crippen LogP contribution in [0, 0.1) is 17.5 Å². The predicted octanol–water partition coefficient (Wildman–Crippen LogP) is 12.8. The van der Waals surface area contributed by atoms with E-state index in [0.29, 0.717) is 89.6 Å². The highest BCUT2D eigenvalue weighted by Gasteiger charge is 2.25. The molecule has 6 N–H and O–H groups in total. The summed E-state index contributed by atoms with van der Waals surface area (Å²) in [7, 11) is -10.1. The third kappa shape index (κ3) is 15.1. The maximum Gasteiger partial charge on any atom is 0.259 e. The number of nitrogens with one attached hydrogen (secondary N) is 6. The first-order chi connectivity index (χ1) is 45.7. The predicted molar refractivity (Wildman–Crippen MR) is 361 cm³/mol. The minimum atomic E-state index is -3.38. The van der Waals surface area contributed by atoms with E-state index in [4.69, 9.17) is 0 Å². The second kappa shape index (κ2) is 28.4. The van der Waals surface area contributed by atoms with E-state index in [9.17, 15) is 52.8 Å². The Balaban J connectivity index is 0.000000170. The van der Waals surface area contributed by atoms with Gasteiger partial charge in [0.25, 0.3) is 17.7 Å². The zero-order chi connectivity index (χ0) is 68.8. The van der Waals surface area contributed by atoms with Crippen LogP contribution in [0.2, 0.25) is 0 Å². The van der Waals surface area contributed by atoms with E-state index in [1.807, 2.05) is 0 Å². The van der Waals surface area contributed by atoms with Gasteiger partial charge in [-0.1, -0.05) is 72.8 Å². The molecule has 0 radical (unpaired) electrons. The average Bonchev–Trinajstić information content (AvgIpc) is 1.71. The van der Waals surface area contributed by atoms with Gasteiger partial charge in [0.2, 0.25) is 0 Å². The van der Waals surface area contributed by atoms with Crippen LogP contribution in [0.5, 0.6) is 0 Å². The number of rotatable bonds is 17. The van der Waals surface area contributed by atoms with E-state index in [-0.39, 0.29) is 45.5 Å². The molecule has 12 aromatic rings. The van der Waals surface area contributed by atoms with Gasteiger partial charge in [-0.15, -0.1) is 0 Å². The van der Waals surface area contributed by atoms with E-state index in [1.54, 1.807) is 152 Å². The smallest absolute Gasteiger partial charge is 0.259 e. The van der Waals surface area contributed by atoms with Gasteiger partial charge >= 0.3 is 0 Å². The molecule has 12 rings (SSSR count). The zero-order valence-corrected chi connectivity index (χ0v) is 55.0. The molecule has 6 heterocycles. The Morgan fingerprint density at radius 3 is 1.24 bits per heavy atom. The zero-order valence-electron chi connectivity index (χ0n) is 52.6. The summed E-state index contributed by atoms with van der Waals surface area (Å²) in [5, 5.41) is 6.63. The van der Waals surface area contributed by atoms with Gasteiger partial charge in [-0.3, -0.25) is 14.4 Å². The first-order valence-corrected chi connectivity index (χ1v) is 34.5. The van der Waals surface area contributed by atoms with Gasteiger partial charge in [-0.2, -0.15) is 0 Å². The third-order valence-corrected chi connectivity index (χ3v) is 21.8. The van der Waals surface area contributed by atoms with Crippen LogP contribution in [-0.4, -0.2) is 104 Å². The summed E-state index contributed by atoms with van der Waals surface area (Å²) in [6.07, 6.45) is 9.16. The Hall–Kier alpha value is -10.8. The Labute approximate surface area is 551 Å². The number of aromatic nitrogens is 9. The topological polar surface area (TPSA) is 314 Å². The van der Waals surface area contributed by atoms with Crippen LogP contribution in [0.1, 0.15) is 98.1 Å². The number of amides is 3. The molecule has 0 fully saturated rings. The first kappa shape index (κ1) is 68.1. The van der Waals surface area contributed by atoms with Crippen LogP contribution in [0.15, 0.2) is 197 Å². The lowest BCUT2D eigenvalue weighted by molar-refractivity contribution is 0.0936. The van der Waals surface area contributed by atoms with Crippen molar-refractivity contribution in [3.63, 3.8) is 0 Å². The van der Waals surface area contributed by atoms with Gasteiger partial charge < -0.3 is 30.9 Å². The molecule has 0 saturated heterocycles. The number of H-pyrrole nitrogens is 3. The molecule has 27 heteroatoms. The van der Waals surface area contributed by atoms with Gasteiger partial charge in [0.15, 0.2) is 46.5 Å². The van der Waals surface area contributed by atoms with Gasteiger partial charge in [0.05, 0.1) is 88.8 Å². The summed E-state index contributed by atoms with van der Waals surface area (Å²) < 4.78 is 115. The molecule has 3 amide bonds. The van der Waals surface area contributed by atoms with Crippen LogP contribution >= 0.6 is 0 Å². The van der Waals surface area contributed by atoms with Crippen LogP contribution in [-0.2, 0) is 36.1 Å². The second-order valence-corrected chi connectivity index (χ2v) is 30.3. The summed E-state index contributed by atoms with van der Waals surface area (Å²) >= 11 is 0. The summed E-state index contributed by atoms with van der Waals surface area (Å²) in [5.74, 6) is -2.46. The standard InChI is InChI=1S/C24H23FN4O3S.C23H21FN4O3S.C22H19FN4O3S.H2/c1-14(2)33(31,32)17-10-8-16(9-11-17)21-13-27-23-22(29-21)19(12-26-23)24(30)28-15(3)18-6-4-5-7-20(18)25;1-14(2)32(30,31)18-8-6-16(7-9-18)20-13-26-22-21(28-20)19(12-25-22)23(29)27-11-15-4-3-5-17(24)10-15;1-13(2)31(29,30)17-8-6-14(7-9-17)19-12-25-21-20(27-19)18(11-24-21)22(28)26-16-5-3-4-15(23)10-16;/h4-15H,1-3H3,(H,26,27)(H,28,30);3-10,12-14H,11H2,1-2H3,(H,25,26)(H,27,29);3-13H,1-2H3,(H,24,25)(H,26,28);1H/t15-;;;/m0.../s1. The monoisotopic (exact) mass is 1360 g/mol. The molecule has 21 nitrogen and oxygen atoms in total. The van der Waals surface area contributed by atoms with Crippen molar-refractivity contribution < 1.29 is 54.2 Å². The lowest BCUT2D eigenvalue weighted by atomic mass is 10.1. The Morgan fingerprint density at radius 1 is 0.458 bits per heavy atom. The molecule has 0 aliphatic rings. The molecule has 494 valence electrons. The van der Waals surface area contributed by atoms with Crippen molar-refractivity contribution in [2.75, 3.05) is 5.32 Å². The number of carbonyl (C=O) groups is 3. The number of aromatic amines is 3. The maximum atomic E-state index is 14.1. The first-order valence-electron chi connectivity index (χ1n) is 29.9. The van der Waals surface area contributed by atoms with E-state index < -0.39 is 74.8 Å². The molecule has 6 aromatic heterocycles. The SMILES string of the molecule is CC(C)S(=O)(=O)c1ccc(-c2cnc3[nH]cc(C(=O)NCc4cccc(F)c4)c3n2)cc1.CC(C)S(=O)(=O)c1ccc(-c2cnc3[nH]cc(C(=O)N[C@@H](C)c4ccccc4F)c3n2)cc1.CC(C)S(=O)(=O)c1ccc(-c2cnc3[nH]cc(C(=O)Nc4cccc(F)c4)c3n2)cc1.[HH]. The molecule has 0 saturated carbocycles. The molecular weight excluding hydrogens is 1290 g/mol. The largest absolute Gasteiger partial charge is 0.348 e. The fourth-order valence-electron chi connectivity index (χ4n) is 9.74. The molecule has 1 atom stereocenters. The van der Waals surface area contributed by atoms with Crippen LogP contribution < -0.4 is 16.0 Å². The number of benzene rings is 6. The molecule has 0 spiro atoms. The van der Waals surface area contributed by atoms with Crippen LogP contribution in [0.25, 0.3) is 67.3 Å². The summed E-state index contributed by atoms with van der Waals surface area (Å²) in [5.41, 5.74) is 8.09. The normalized spacial score (nSPS) is 12.1. The number of sulfone groups is 3. The van der Waals surface area contributed by atoms with Crippen molar-refractivity contribution in [3.8, 4) is 33.8 Å². The fraction of sp³-hybridized carbons (Fsp3) is 0.174. The summed E-state index contributed by atoms with van der Waals surface area (Å²) in [6.45, 7) is 11.7. The lowest BCUT2D eigenvalue weighted by Gasteiger charge is -2.14. The second-order valence-electron chi connectivity index (χ2n) is 22.8. The third-order valence-electron chi connectivity index (χ3n) is 15.3. The molecule has 0 aliphatic heterocycles. The Kier molecular flexibility index (Phi) is 20.2. The Bertz CT molecular complexity index is 5250. The number of nitrogens with zero attached hydrogens (tertiary/aromatic N) is 6. The van der Waals surface area contributed by atoms with E-state index in [1.165, 1.54) is 79.3 Å². The minimum absolute atomic E-state index is 0. The summed E-state index contributed by atoms with van der Waals surface area (Å²) in [6, 6.07) is 36.5. The van der Waals surface area contributed by atoms with E-state index in [0.717, 1.165) is 0 Å². The van der Waals surface area contributed by atoms with Gasteiger partial charge in [0, 0.05) is 54.5 Å². The number of hydrogen-bond donors (Lipinski definition) is 6. The molecule has 96 heavy (non-hydrogen) atoms. The number of anilines is 1. The maximum absolute atomic E-state index is 14.1. The van der Waals surface area contributed by atoms with E-state index >= 15 is 0 Å². The molecule has 6 aromatic carbocycles. The lowest BCUT2D eigenvalue weighted by Crippen LogP contribution is -2.27. The van der Waals surface area contributed by atoms with Crippen molar-refractivity contribution >= 4 is 86.4 Å². The quantitative estimate of drug-likeness (QED) is 0.0494. The number of carbonyl (C=O) groups excluding carboxylic acids is 3. The van der Waals surface area contributed by atoms with E-state index in [2.05, 4.69) is 60.8 Å². The van der Waals surface area contributed by atoms with Crippen LogP contribution in [0.3, 0.4) is 0 Å². The Morgan fingerprint density at radius 2 is 0.844 bits per heavy atom. The fourth-order valence-corrected chi connectivity index (χ4v) is 12.9. The molecule has 0 bridgehead atoms. The van der Waals surface area contributed by atoms with Gasteiger partial charge in [0.1, 0.15) is 34.0 Å². The minimum Gasteiger partial charge on any atom is -0.348 e. The highest BCUT2D eigenvalue weighted by atomic mass is 32.2. The summed E-state index contributed by atoms with van der Waals surface area (Å²) in [4.78, 5) is 74.3. The highest BCUT2D eigenvalue weighted by molar-refractivity contribution is 7.92. The van der Waals surface area contributed by atoms with Crippen LogP contribution in [0.4, 0.5) is 18.9 Å². The van der Waals surface area contributed by atoms with Crippen molar-refractivity contribution in [1.29, 1.82) is 0 Å². The number of halogens is 3. The average molecular weight is 1360 g/mol.